The molecule has 1 aromatic rings. The van der Waals surface area contributed by atoms with Crippen molar-refractivity contribution in [2.45, 2.75) is 20.4 Å². The maximum absolute atomic E-state index is 5.22. The SMILES string of the molecule is CC(C)CONCc1cnn(C)c1. The molecule has 4 nitrogen and oxygen atoms in total. The predicted molar refractivity (Wildman–Crippen MR) is 50.8 cm³/mol. The molecule has 13 heavy (non-hydrogen) atoms. The Balaban J connectivity index is 2.13. The van der Waals surface area contributed by atoms with Gasteiger partial charge in [0, 0.05) is 25.4 Å². The molecule has 1 N–H and O–H groups in total. The molecule has 1 heterocycles. The number of hydrogen-bond donors (Lipinski definition) is 1. The van der Waals surface area contributed by atoms with Crippen LogP contribution in [0.1, 0.15) is 19.4 Å². The summed E-state index contributed by atoms with van der Waals surface area (Å²) in [6, 6.07) is 0. The van der Waals surface area contributed by atoms with Gasteiger partial charge in [-0.15, -0.1) is 0 Å². The third-order valence-electron chi connectivity index (χ3n) is 1.55. The van der Waals surface area contributed by atoms with Crippen molar-refractivity contribution in [2.75, 3.05) is 6.61 Å². The molecule has 0 unspecified atom stereocenters. The lowest BCUT2D eigenvalue weighted by Gasteiger charge is -2.06. The van der Waals surface area contributed by atoms with Gasteiger partial charge in [-0.05, 0) is 5.92 Å². The fourth-order valence-corrected chi connectivity index (χ4v) is 0.923. The predicted octanol–water partition coefficient (Wildman–Crippen LogP) is 1.10. The van der Waals surface area contributed by atoms with Crippen LogP contribution >= 0.6 is 0 Å². The molecule has 0 aliphatic heterocycles. The van der Waals surface area contributed by atoms with E-state index in [2.05, 4.69) is 24.4 Å². The Morgan fingerprint density at radius 2 is 2.38 bits per heavy atom. The van der Waals surface area contributed by atoms with Crippen molar-refractivity contribution >= 4 is 0 Å². The van der Waals surface area contributed by atoms with E-state index < -0.39 is 0 Å². The van der Waals surface area contributed by atoms with E-state index in [0.29, 0.717) is 12.5 Å². The Morgan fingerprint density at radius 1 is 1.62 bits per heavy atom. The number of aryl methyl sites for hydroxylation is 1. The highest BCUT2D eigenvalue weighted by Gasteiger charge is 1.96. The van der Waals surface area contributed by atoms with Gasteiger partial charge in [-0.3, -0.25) is 4.68 Å². The monoisotopic (exact) mass is 183 g/mol. The van der Waals surface area contributed by atoms with Gasteiger partial charge >= 0.3 is 0 Å². The molecular weight excluding hydrogens is 166 g/mol. The maximum Gasteiger partial charge on any atom is 0.0705 e. The van der Waals surface area contributed by atoms with Gasteiger partial charge in [0.15, 0.2) is 0 Å². The molecule has 0 bridgehead atoms. The second-order valence-electron chi connectivity index (χ2n) is 3.55. The standard InChI is InChI=1S/C9H17N3O/c1-8(2)7-13-11-5-9-4-10-12(3)6-9/h4,6,8,11H,5,7H2,1-3H3. The minimum Gasteiger partial charge on any atom is -0.301 e. The van der Waals surface area contributed by atoms with Gasteiger partial charge in [0.1, 0.15) is 0 Å². The van der Waals surface area contributed by atoms with Crippen LogP contribution in [-0.4, -0.2) is 16.4 Å². The van der Waals surface area contributed by atoms with E-state index in [0.717, 1.165) is 12.2 Å². The van der Waals surface area contributed by atoms with E-state index in [1.54, 1.807) is 4.68 Å². The molecule has 0 saturated heterocycles. The zero-order chi connectivity index (χ0) is 9.68. The van der Waals surface area contributed by atoms with Crippen LogP contribution in [0.5, 0.6) is 0 Å². The molecule has 0 aliphatic carbocycles. The van der Waals surface area contributed by atoms with E-state index >= 15 is 0 Å². The van der Waals surface area contributed by atoms with Gasteiger partial charge in [-0.1, -0.05) is 13.8 Å². The summed E-state index contributed by atoms with van der Waals surface area (Å²) in [5.74, 6) is 0.557. The molecular formula is C9H17N3O. The second kappa shape index (κ2) is 4.99. The zero-order valence-electron chi connectivity index (χ0n) is 8.45. The van der Waals surface area contributed by atoms with Gasteiger partial charge in [0.2, 0.25) is 0 Å². The lowest BCUT2D eigenvalue weighted by atomic mass is 10.2. The Morgan fingerprint density at radius 3 is 2.92 bits per heavy atom. The summed E-state index contributed by atoms with van der Waals surface area (Å²) < 4.78 is 1.78. The van der Waals surface area contributed by atoms with Crippen LogP contribution in [0.2, 0.25) is 0 Å². The molecule has 4 heteroatoms. The summed E-state index contributed by atoms with van der Waals surface area (Å²) in [7, 11) is 1.90. The van der Waals surface area contributed by atoms with Gasteiger partial charge in [0.05, 0.1) is 12.8 Å². The van der Waals surface area contributed by atoms with Gasteiger partial charge in [0.25, 0.3) is 0 Å². The first-order valence-corrected chi connectivity index (χ1v) is 4.50. The summed E-state index contributed by atoms with van der Waals surface area (Å²) in [4.78, 5) is 5.22. The number of rotatable bonds is 5. The second-order valence-corrected chi connectivity index (χ2v) is 3.55. The Kier molecular flexibility index (Phi) is 3.92. The number of aromatic nitrogens is 2. The summed E-state index contributed by atoms with van der Waals surface area (Å²) in [5, 5.41) is 4.05. The van der Waals surface area contributed by atoms with Crippen molar-refractivity contribution in [3.8, 4) is 0 Å². The summed E-state index contributed by atoms with van der Waals surface area (Å²) in [6.45, 7) is 5.68. The van der Waals surface area contributed by atoms with Crippen molar-refractivity contribution in [1.29, 1.82) is 0 Å². The van der Waals surface area contributed by atoms with Gasteiger partial charge in [-0.25, -0.2) is 0 Å². The summed E-state index contributed by atoms with van der Waals surface area (Å²) in [6.07, 6.45) is 3.79. The fourth-order valence-electron chi connectivity index (χ4n) is 0.923. The number of hydrogen-bond acceptors (Lipinski definition) is 3. The molecule has 0 amide bonds. The first kappa shape index (κ1) is 10.2. The molecule has 0 saturated carbocycles. The fraction of sp³-hybridized carbons (Fsp3) is 0.667. The maximum atomic E-state index is 5.22. The topological polar surface area (TPSA) is 39.1 Å². The van der Waals surface area contributed by atoms with Crippen molar-refractivity contribution in [1.82, 2.24) is 15.3 Å². The highest BCUT2D eigenvalue weighted by Crippen LogP contribution is 1.95. The first-order chi connectivity index (χ1) is 6.18. The van der Waals surface area contributed by atoms with Crippen molar-refractivity contribution in [2.24, 2.45) is 13.0 Å². The first-order valence-electron chi connectivity index (χ1n) is 4.50. The van der Waals surface area contributed by atoms with E-state index in [-0.39, 0.29) is 0 Å². The van der Waals surface area contributed by atoms with Crippen LogP contribution in [0.15, 0.2) is 12.4 Å². The van der Waals surface area contributed by atoms with E-state index in [9.17, 15) is 0 Å². The normalized spacial score (nSPS) is 11.1. The minimum atomic E-state index is 0.557. The minimum absolute atomic E-state index is 0.557. The number of hydroxylamine groups is 1. The molecule has 0 fully saturated rings. The van der Waals surface area contributed by atoms with Crippen LogP contribution in [0.4, 0.5) is 0 Å². The van der Waals surface area contributed by atoms with Gasteiger partial charge in [-0.2, -0.15) is 10.6 Å². The lowest BCUT2D eigenvalue weighted by Crippen LogP contribution is -2.17. The van der Waals surface area contributed by atoms with Crippen molar-refractivity contribution < 1.29 is 4.84 Å². The van der Waals surface area contributed by atoms with Crippen LogP contribution < -0.4 is 5.48 Å². The average molecular weight is 183 g/mol. The molecule has 1 rings (SSSR count). The molecule has 0 radical (unpaired) electrons. The quantitative estimate of drug-likeness (QED) is 0.549. The molecule has 1 aromatic heterocycles. The Labute approximate surface area is 78.8 Å². The van der Waals surface area contributed by atoms with E-state index in [1.807, 2.05) is 19.4 Å². The van der Waals surface area contributed by atoms with Crippen molar-refractivity contribution in [3.63, 3.8) is 0 Å². The average Bonchev–Trinajstić information content (AvgIpc) is 2.45. The zero-order valence-corrected chi connectivity index (χ0v) is 8.45. The molecule has 74 valence electrons. The molecule has 0 aromatic carbocycles. The molecule has 0 aliphatic rings. The Hall–Kier alpha value is -0.870. The summed E-state index contributed by atoms with van der Waals surface area (Å²) in [5.41, 5.74) is 4.02. The lowest BCUT2D eigenvalue weighted by molar-refractivity contribution is 0.0196. The van der Waals surface area contributed by atoms with Crippen LogP contribution in [0, 0.1) is 5.92 Å². The summed E-state index contributed by atoms with van der Waals surface area (Å²) >= 11 is 0. The highest BCUT2D eigenvalue weighted by atomic mass is 16.6. The van der Waals surface area contributed by atoms with Crippen molar-refractivity contribution in [3.05, 3.63) is 18.0 Å². The van der Waals surface area contributed by atoms with E-state index in [4.69, 9.17) is 4.84 Å². The molecule has 0 spiro atoms. The number of nitrogens with zero attached hydrogens (tertiary/aromatic N) is 2. The largest absolute Gasteiger partial charge is 0.301 e. The van der Waals surface area contributed by atoms with Crippen LogP contribution in [0.3, 0.4) is 0 Å². The Bertz CT molecular complexity index is 245. The van der Waals surface area contributed by atoms with Crippen LogP contribution in [0.25, 0.3) is 0 Å². The van der Waals surface area contributed by atoms with Gasteiger partial charge < -0.3 is 4.84 Å². The highest BCUT2D eigenvalue weighted by molar-refractivity contribution is 5.02. The molecule has 0 atom stereocenters. The third kappa shape index (κ3) is 4.05. The smallest absolute Gasteiger partial charge is 0.0705 e. The third-order valence-corrected chi connectivity index (χ3v) is 1.55. The number of nitrogens with one attached hydrogen (secondary N) is 1. The van der Waals surface area contributed by atoms with E-state index in [1.165, 1.54) is 0 Å². The van der Waals surface area contributed by atoms with Crippen LogP contribution in [-0.2, 0) is 18.4 Å².